The molecule has 2 atom stereocenters. The highest BCUT2D eigenvalue weighted by Gasteiger charge is 2.28. The zero-order valence-corrected chi connectivity index (χ0v) is 11.3. The van der Waals surface area contributed by atoms with E-state index in [0.29, 0.717) is 0 Å². The Morgan fingerprint density at radius 1 is 1.47 bits per heavy atom. The van der Waals surface area contributed by atoms with E-state index < -0.39 is 0 Å². The highest BCUT2D eigenvalue weighted by atomic mass is 16.5. The fourth-order valence-corrected chi connectivity index (χ4v) is 3.00. The average Bonchev–Trinajstić information content (AvgIpc) is 2.85. The number of piperidine rings is 1. The maximum absolute atomic E-state index is 12.6. The molecule has 19 heavy (non-hydrogen) atoms. The van der Waals surface area contributed by atoms with Crippen molar-refractivity contribution in [2.45, 2.75) is 38.3 Å². The van der Waals surface area contributed by atoms with Crippen LogP contribution in [0.5, 0.6) is 5.75 Å². The molecule has 0 aromatic heterocycles. The van der Waals surface area contributed by atoms with Crippen molar-refractivity contribution in [3.8, 4) is 5.75 Å². The van der Waals surface area contributed by atoms with Crippen molar-refractivity contribution in [3.05, 3.63) is 29.3 Å². The molecule has 0 spiro atoms. The van der Waals surface area contributed by atoms with Crippen LogP contribution in [0.3, 0.4) is 0 Å². The predicted molar refractivity (Wildman–Crippen MR) is 73.3 cm³/mol. The second kappa shape index (κ2) is 4.85. The summed E-state index contributed by atoms with van der Waals surface area (Å²) < 4.78 is 5.47. The van der Waals surface area contributed by atoms with Crippen LogP contribution in [0, 0.1) is 0 Å². The first-order valence-electron chi connectivity index (χ1n) is 6.97. The molecule has 1 aromatic carbocycles. The van der Waals surface area contributed by atoms with Gasteiger partial charge in [-0.3, -0.25) is 4.79 Å². The lowest BCUT2D eigenvalue weighted by Gasteiger charge is -2.36. The number of benzene rings is 1. The molecule has 0 saturated carbocycles. The topological polar surface area (TPSA) is 55.6 Å². The molecule has 2 heterocycles. The van der Waals surface area contributed by atoms with Gasteiger partial charge in [-0.1, -0.05) is 0 Å². The molecule has 1 fully saturated rings. The molecule has 102 valence electrons. The minimum atomic E-state index is 0.120. The van der Waals surface area contributed by atoms with Crippen molar-refractivity contribution >= 4 is 5.91 Å². The largest absolute Gasteiger partial charge is 0.493 e. The van der Waals surface area contributed by atoms with E-state index >= 15 is 0 Å². The van der Waals surface area contributed by atoms with Gasteiger partial charge in [0.1, 0.15) is 5.75 Å². The van der Waals surface area contributed by atoms with Crippen LogP contribution in [-0.4, -0.2) is 36.0 Å². The third-order valence-electron chi connectivity index (χ3n) is 4.11. The Balaban J connectivity index is 1.80. The zero-order chi connectivity index (χ0) is 13.4. The quantitative estimate of drug-likeness (QED) is 0.834. The summed E-state index contributed by atoms with van der Waals surface area (Å²) in [6.45, 7) is 3.56. The lowest BCUT2D eigenvalue weighted by molar-refractivity contribution is 0.0619. The summed E-state index contributed by atoms with van der Waals surface area (Å²) in [5.74, 6) is 1.04. The van der Waals surface area contributed by atoms with Crippen LogP contribution in [0.15, 0.2) is 18.2 Å². The van der Waals surface area contributed by atoms with Crippen LogP contribution in [0.1, 0.15) is 35.7 Å². The highest BCUT2D eigenvalue weighted by molar-refractivity contribution is 5.95. The molecule has 2 N–H and O–H groups in total. The van der Waals surface area contributed by atoms with E-state index in [4.69, 9.17) is 10.5 Å². The molecule has 1 amide bonds. The summed E-state index contributed by atoms with van der Waals surface area (Å²) in [6, 6.07) is 6.21. The maximum atomic E-state index is 12.6. The Kier molecular flexibility index (Phi) is 3.19. The molecular weight excluding hydrogens is 240 g/mol. The SMILES string of the molecule is C[C@@H]1C[C@@H](N)CCN1C(=O)c1ccc2c(c1)CCO2. The van der Waals surface area contributed by atoms with Gasteiger partial charge in [0.15, 0.2) is 0 Å². The second-order valence-corrected chi connectivity index (χ2v) is 5.55. The van der Waals surface area contributed by atoms with Gasteiger partial charge < -0.3 is 15.4 Å². The summed E-state index contributed by atoms with van der Waals surface area (Å²) in [5, 5.41) is 0. The molecule has 2 aliphatic heterocycles. The maximum Gasteiger partial charge on any atom is 0.254 e. The van der Waals surface area contributed by atoms with Crippen molar-refractivity contribution in [3.63, 3.8) is 0 Å². The van der Waals surface area contributed by atoms with Gasteiger partial charge in [-0.15, -0.1) is 0 Å². The molecule has 0 bridgehead atoms. The van der Waals surface area contributed by atoms with E-state index in [-0.39, 0.29) is 18.0 Å². The molecule has 0 aliphatic carbocycles. The van der Waals surface area contributed by atoms with Gasteiger partial charge in [0.05, 0.1) is 6.61 Å². The molecule has 0 radical (unpaired) electrons. The Labute approximate surface area is 113 Å². The molecule has 4 heteroatoms. The minimum Gasteiger partial charge on any atom is -0.493 e. The number of ether oxygens (including phenoxy) is 1. The molecular formula is C15H20N2O2. The summed E-state index contributed by atoms with van der Waals surface area (Å²) in [6.07, 6.45) is 2.68. The van der Waals surface area contributed by atoms with Gasteiger partial charge in [-0.05, 0) is 43.5 Å². The van der Waals surface area contributed by atoms with Gasteiger partial charge in [0.25, 0.3) is 5.91 Å². The Morgan fingerprint density at radius 2 is 2.32 bits per heavy atom. The number of hydrogen-bond acceptors (Lipinski definition) is 3. The predicted octanol–water partition coefficient (Wildman–Crippen LogP) is 1.57. The minimum absolute atomic E-state index is 0.120. The first-order chi connectivity index (χ1) is 9.15. The van der Waals surface area contributed by atoms with E-state index in [2.05, 4.69) is 6.92 Å². The molecule has 1 saturated heterocycles. The van der Waals surface area contributed by atoms with Crippen LogP contribution in [0.4, 0.5) is 0 Å². The van der Waals surface area contributed by atoms with Crippen LogP contribution in [-0.2, 0) is 6.42 Å². The molecule has 4 nitrogen and oxygen atoms in total. The molecule has 1 aromatic rings. The molecule has 2 aliphatic rings. The van der Waals surface area contributed by atoms with Crippen LogP contribution in [0.2, 0.25) is 0 Å². The Bertz CT molecular complexity index is 501. The van der Waals surface area contributed by atoms with E-state index in [1.807, 2.05) is 23.1 Å². The second-order valence-electron chi connectivity index (χ2n) is 5.55. The first kappa shape index (κ1) is 12.5. The van der Waals surface area contributed by atoms with E-state index in [1.54, 1.807) is 0 Å². The molecule has 3 rings (SSSR count). The van der Waals surface area contributed by atoms with Crippen molar-refractivity contribution in [1.82, 2.24) is 4.90 Å². The van der Waals surface area contributed by atoms with Gasteiger partial charge in [0, 0.05) is 30.6 Å². The smallest absolute Gasteiger partial charge is 0.254 e. The number of fused-ring (bicyclic) bond motifs is 1. The zero-order valence-electron chi connectivity index (χ0n) is 11.3. The van der Waals surface area contributed by atoms with E-state index in [1.165, 1.54) is 0 Å². The third-order valence-corrected chi connectivity index (χ3v) is 4.11. The fourth-order valence-electron chi connectivity index (χ4n) is 3.00. The summed E-state index contributed by atoms with van der Waals surface area (Å²) in [4.78, 5) is 14.5. The summed E-state index contributed by atoms with van der Waals surface area (Å²) in [7, 11) is 0. The lowest BCUT2D eigenvalue weighted by Crippen LogP contribution is -2.48. The van der Waals surface area contributed by atoms with E-state index in [0.717, 1.165) is 49.3 Å². The number of carbonyl (C=O) groups excluding carboxylic acids is 1. The van der Waals surface area contributed by atoms with Gasteiger partial charge >= 0.3 is 0 Å². The lowest BCUT2D eigenvalue weighted by atomic mass is 9.97. The number of amides is 1. The highest BCUT2D eigenvalue weighted by Crippen LogP contribution is 2.27. The fraction of sp³-hybridized carbons (Fsp3) is 0.533. The Hall–Kier alpha value is -1.55. The number of hydrogen-bond donors (Lipinski definition) is 1. The van der Waals surface area contributed by atoms with Gasteiger partial charge in [0.2, 0.25) is 0 Å². The van der Waals surface area contributed by atoms with Crippen molar-refractivity contribution in [1.29, 1.82) is 0 Å². The number of nitrogens with two attached hydrogens (primary N) is 1. The molecule has 0 unspecified atom stereocenters. The van der Waals surface area contributed by atoms with E-state index in [9.17, 15) is 4.79 Å². The van der Waals surface area contributed by atoms with Crippen molar-refractivity contribution < 1.29 is 9.53 Å². The number of likely N-dealkylation sites (tertiary alicyclic amines) is 1. The third kappa shape index (κ3) is 2.32. The van der Waals surface area contributed by atoms with Crippen LogP contribution in [0.25, 0.3) is 0 Å². The van der Waals surface area contributed by atoms with Gasteiger partial charge in [-0.2, -0.15) is 0 Å². The summed E-state index contributed by atoms with van der Waals surface area (Å²) in [5.41, 5.74) is 7.86. The average molecular weight is 260 g/mol. The van der Waals surface area contributed by atoms with Crippen LogP contribution < -0.4 is 10.5 Å². The van der Waals surface area contributed by atoms with Gasteiger partial charge in [-0.25, -0.2) is 0 Å². The van der Waals surface area contributed by atoms with Crippen molar-refractivity contribution in [2.24, 2.45) is 5.73 Å². The van der Waals surface area contributed by atoms with Crippen LogP contribution >= 0.6 is 0 Å². The first-order valence-corrected chi connectivity index (χ1v) is 6.97. The monoisotopic (exact) mass is 260 g/mol. The normalized spacial score (nSPS) is 25.9. The number of rotatable bonds is 1. The number of nitrogens with zero attached hydrogens (tertiary/aromatic N) is 1. The Morgan fingerprint density at radius 3 is 3.11 bits per heavy atom. The number of carbonyl (C=O) groups is 1. The van der Waals surface area contributed by atoms with Crippen molar-refractivity contribution in [2.75, 3.05) is 13.2 Å². The standard InChI is InChI=1S/C15H20N2O2/c1-10-8-13(16)4-6-17(10)15(18)12-2-3-14-11(9-12)5-7-19-14/h2-3,9-10,13H,4-8,16H2,1H3/t10-,13+/m1/s1. The summed E-state index contributed by atoms with van der Waals surface area (Å²) >= 11 is 0.